The highest BCUT2D eigenvalue weighted by Crippen LogP contribution is 2.16. The van der Waals surface area contributed by atoms with Gasteiger partial charge in [0.2, 0.25) is 5.91 Å². The molecule has 2 aromatic heterocycles. The molecule has 0 unspecified atom stereocenters. The first-order valence-corrected chi connectivity index (χ1v) is 5.88. The van der Waals surface area contributed by atoms with Crippen LogP contribution in [0.15, 0.2) is 11.6 Å². The summed E-state index contributed by atoms with van der Waals surface area (Å²) >= 11 is 1.52. The van der Waals surface area contributed by atoms with Crippen LogP contribution in [0, 0.1) is 6.92 Å². The van der Waals surface area contributed by atoms with Crippen LogP contribution >= 0.6 is 11.3 Å². The zero-order valence-electron chi connectivity index (χ0n) is 8.93. The Bertz CT molecular complexity index is 503. The van der Waals surface area contributed by atoms with E-state index in [4.69, 9.17) is 5.11 Å². The third kappa shape index (κ3) is 2.23. The molecule has 2 aromatic rings. The van der Waals surface area contributed by atoms with Gasteiger partial charge in [-0.25, -0.2) is 4.98 Å². The van der Waals surface area contributed by atoms with Gasteiger partial charge >= 0.3 is 0 Å². The van der Waals surface area contributed by atoms with Crippen LogP contribution in [0.4, 0.5) is 0 Å². The van der Waals surface area contributed by atoms with Crippen molar-refractivity contribution in [1.82, 2.24) is 14.7 Å². The van der Waals surface area contributed by atoms with Crippen LogP contribution in [0.5, 0.6) is 0 Å². The molecule has 0 aromatic carbocycles. The van der Waals surface area contributed by atoms with Crippen LogP contribution in [0.3, 0.4) is 0 Å². The van der Waals surface area contributed by atoms with Gasteiger partial charge in [-0.1, -0.05) is 0 Å². The molecule has 0 aliphatic carbocycles. The number of carbonyl (C=O) groups is 1. The molecule has 2 rings (SSSR count). The minimum absolute atomic E-state index is 0.0328. The highest BCUT2D eigenvalue weighted by molar-refractivity contribution is 7.15. The predicted molar refractivity (Wildman–Crippen MR) is 61.6 cm³/mol. The number of aromatic nitrogens is 2. The Labute approximate surface area is 96.7 Å². The fourth-order valence-electron chi connectivity index (χ4n) is 1.49. The SMILES string of the molecule is Cc1cn2c(CC(=O)NCCO)csc2n1. The van der Waals surface area contributed by atoms with Crippen molar-refractivity contribution in [1.29, 1.82) is 0 Å². The van der Waals surface area contributed by atoms with Crippen LogP contribution in [0.1, 0.15) is 11.4 Å². The normalized spacial score (nSPS) is 10.9. The average Bonchev–Trinajstić information content (AvgIpc) is 2.76. The van der Waals surface area contributed by atoms with Crippen molar-refractivity contribution in [2.24, 2.45) is 0 Å². The van der Waals surface area contributed by atoms with E-state index in [1.165, 1.54) is 11.3 Å². The second kappa shape index (κ2) is 4.63. The first-order chi connectivity index (χ1) is 7.70. The molecule has 1 amide bonds. The minimum Gasteiger partial charge on any atom is -0.395 e. The van der Waals surface area contributed by atoms with Gasteiger partial charge in [0.1, 0.15) is 0 Å². The van der Waals surface area contributed by atoms with E-state index >= 15 is 0 Å². The number of aryl methyl sites for hydroxylation is 1. The Kier molecular flexibility index (Phi) is 3.21. The number of imidazole rings is 1. The number of rotatable bonds is 4. The third-order valence-electron chi connectivity index (χ3n) is 2.18. The number of hydrogen-bond donors (Lipinski definition) is 2. The number of nitrogens with one attached hydrogen (secondary N) is 1. The van der Waals surface area contributed by atoms with Crippen molar-refractivity contribution in [3.63, 3.8) is 0 Å². The first kappa shape index (κ1) is 11.1. The van der Waals surface area contributed by atoms with Crippen molar-refractivity contribution in [2.45, 2.75) is 13.3 Å². The van der Waals surface area contributed by atoms with Crippen LogP contribution in [-0.4, -0.2) is 33.6 Å². The number of thiazole rings is 1. The average molecular weight is 239 g/mol. The minimum atomic E-state index is -0.0832. The standard InChI is InChI=1S/C10H13N3O2S/c1-7-5-13-8(6-16-10(13)12-7)4-9(15)11-2-3-14/h5-6,14H,2-4H2,1H3,(H,11,15). The van der Waals surface area contributed by atoms with Gasteiger partial charge in [0.25, 0.3) is 0 Å². The zero-order valence-corrected chi connectivity index (χ0v) is 9.75. The molecule has 0 saturated carbocycles. The van der Waals surface area contributed by atoms with Crippen molar-refractivity contribution in [3.05, 3.63) is 23.0 Å². The highest BCUT2D eigenvalue weighted by Gasteiger charge is 2.09. The molecule has 16 heavy (non-hydrogen) atoms. The van der Waals surface area contributed by atoms with Crippen molar-refractivity contribution < 1.29 is 9.90 Å². The molecule has 0 saturated heterocycles. The number of fused-ring (bicyclic) bond motifs is 1. The predicted octanol–water partition coefficient (Wildman–Crippen LogP) is 0.355. The van der Waals surface area contributed by atoms with Crippen LogP contribution in [0.25, 0.3) is 4.96 Å². The second-order valence-electron chi connectivity index (χ2n) is 3.51. The van der Waals surface area contributed by atoms with Gasteiger partial charge in [0, 0.05) is 23.8 Å². The van der Waals surface area contributed by atoms with Crippen molar-refractivity contribution in [3.8, 4) is 0 Å². The molecule has 5 nitrogen and oxygen atoms in total. The number of aliphatic hydroxyl groups is 1. The molecular formula is C10H13N3O2S. The lowest BCUT2D eigenvalue weighted by molar-refractivity contribution is -0.120. The maximum absolute atomic E-state index is 11.5. The molecule has 86 valence electrons. The van der Waals surface area contributed by atoms with E-state index in [-0.39, 0.29) is 12.5 Å². The Hall–Kier alpha value is -1.40. The molecule has 2 heterocycles. The van der Waals surface area contributed by atoms with Crippen molar-refractivity contribution in [2.75, 3.05) is 13.2 Å². The molecular weight excluding hydrogens is 226 g/mol. The van der Waals surface area contributed by atoms with E-state index in [1.54, 1.807) is 0 Å². The molecule has 2 N–H and O–H groups in total. The molecule has 0 spiro atoms. The summed E-state index contributed by atoms with van der Waals surface area (Å²) in [5.41, 5.74) is 1.87. The summed E-state index contributed by atoms with van der Waals surface area (Å²) in [6, 6.07) is 0. The summed E-state index contributed by atoms with van der Waals surface area (Å²) in [7, 11) is 0. The van der Waals surface area contributed by atoms with E-state index in [0.29, 0.717) is 13.0 Å². The van der Waals surface area contributed by atoms with E-state index in [1.807, 2.05) is 22.9 Å². The lowest BCUT2D eigenvalue weighted by Gasteiger charge is -2.01. The van der Waals surface area contributed by atoms with Gasteiger partial charge in [-0.05, 0) is 6.92 Å². The van der Waals surface area contributed by atoms with E-state index in [2.05, 4.69) is 10.3 Å². The maximum atomic E-state index is 11.5. The summed E-state index contributed by atoms with van der Waals surface area (Å²) in [5.74, 6) is -0.0832. The highest BCUT2D eigenvalue weighted by atomic mass is 32.1. The molecule has 6 heteroatoms. The monoisotopic (exact) mass is 239 g/mol. The lowest BCUT2D eigenvalue weighted by Crippen LogP contribution is -2.28. The largest absolute Gasteiger partial charge is 0.395 e. The number of amides is 1. The van der Waals surface area contributed by atoms with Gasteiger partial charge in [-0.15, -0.1) is 11.3 Å². The van der Waals surface area contributed by atoms with Crippen LogP contribution in [-0.2, 0) is 11.2 Å². The zero-order chi connectivity index (χ0) is 11.5. The molecule has 0 radical (unpaired) electrons. The molecule has 0 atom stereocenters. The molecule has 0 bridgehead atoms. The van der Waals surface area contributed by atoms with E-state index < -0.39 is 0 Å². The summed E-state index contributed by atoms with van der Waals surface area (Å²) in [5, 5.41) is 13.1. The van der Waals surface area contributed by atoms with Crippen molar-refractivity contribution >= 4 is 22.2 Å². The second-order valence-corrected chi connectivity index (χ2v) is 4.35. The van der Waals surface area contributed by atoms with E-state index in [9.17, 15) is 4.79 Å². The van der Waals surface area contributed by atoms with Gasteiger partial charge in [0.15, 0.2) is 4.96 Å². The fraction of sp³-hybridized carbons (Fsp3) is 0.400. The first-order valence-electron chi connectivity index (χ1n) is 5.00. The van der Waals surface area contributed by atoms with Gasteiger partial charge in [-0.2, -0.15) is 0 Å². The van der Waals surface area contributed by atoms with Gasteiger partial charge in [0.05, 0.1) is 18.7 Å². The Morgan fingerprint density at radius 3 is 3.25 bits per heavy atom. The molecule has 0 aliphatic heterocycles. The molecule has 0 fully saturated rings. The van der Waals surface area contributed by atoms with Gasteiger partial charge in [-0.3, -0.25) is 9.20 Å². The van der Waals surface area contributed by atoms with Crippen LogP contribution < -0.4 is 5.32 Å². The fourth-order valence-corrected chi connectivity index (χ4v) is 2.41. The Morgan fingerprint density at radius 2 is 2.50 bits per heavy atom. The number of aliphatic hydroxyl groups excluding tert-OH is 1. The topological polar surface area (TPSA) is 66.6 Å². The Balaban J connectivity index is 2.11. The summed E-state index contributed by atoms with van der Waals surface area (Å²) in [6.45, 7) is 2.19. The van der Waals surface area contributed by atoms with E-state index in [0.717, 1.165) is 16.3 Å². The third-order valence-corrected chi connectivity index (χ3v) is 3.07. The Morgan fingerprint density at radius 1 is 1.69 bits per heavy atom. The molecule has 0 aliphatic rings. The summed E-state index contributed by atoms with van der Waals surface area (Å²) in [6.07, 6.45) is 2.23. The number of nitrogens with zero attached hydrogens (tertiary/aromatic N) is 2. The number of carbonyl (C=O) groups excluding carboxylic acids is 1. The summed E-state index contributed by atoms with van der Waals surface area (Å²) in [4.78, 5) is 16.7. The summed E-state index contributed by atoms with van der Waals surface area (Å²) < 4.78 is 1.93. The quantitative estimate of drug-likeness (QED) is 0.809. The number of hydrogen-bond acceptors (Lipinski definition) is 4. The van der Waals surface area contributed by atoms with Crippen LogP contribution in [0.2, 0.25) is 0 Å². The smallest absolute Gasteiger partial charge is 0.226 e. The maximum Gasteiger partial charge on any atom is 0.226 e. The lowest BCUT2D eigenvalue weighted by atomic mass is 10.3. The van der Waals surface area contributed by atoms with Gasteiger partial charge < -0.3 is 10.4 Å².